The molecule has 1 aromatic carbocycles. The minimum absolute atomic E-state index is 0.0908. The third-order valence-corrected chi connectivity index (χ3v) is 3.41. The van der Waals surface area contributed by atoms with Gasteiger partial charge in [-0.3, -0.25) is 4.79 Å². The van der Waals surface area contributed by atoms with Crippen LogP contribution in [0.3, 0.4) is 0 Å². The van der Waals surface area contributed by atoms with Crippen LogP contribution in [0.5, 0.6) is 0 Å². The molecule has 0 amide bonds. The zero-order chi connectivity index (χ0) is 12.4. The van der Waals surface area contributed by atoms with E-state index in [9.17, 15) is 4.79 Å². The number of benzene rings is 1. The summed E-state index contributed by atoms with van der Waals surface area (Å²) in [5.74, 6) is -0.815. The first-order valence-corrected chi connectivity index (χ1v) is 6.11. The summed E-state index contributed by atoms with van der Waals surface area (Å²) in [4.78, 5) is 13.6. The lowest BCUT2D eigenvalue weighted by atomic mass is 10.0. The molecule has 4 nitrogen and oxygen atoms in total. The summed E-state index contributed by atoms with van der Waals surface area (Å²) in [6, 6.07) is 5.63. The number of hydrogen-bond acceptors (Lipinski definition) is 2. The predicted octanol–water partition coefficient (Wildman–Crippen LogP) is 2.80. The number of rotatable bonds is 4. The van der Waals surface area contributed by atoms with Crippen molar-refractivity contribution in [2.75, 3.05) is 0 Å². The molecule has 1 unspecified atom stereocenters. The number of nitrogens with one attached hydrogen (secondary N) is 1. The molecule has 0 spiro atoms. The van der Waals surface area contributed by atoms with Gasteiger partial charge in [0.05, 0.1) is 0 Å². The van der Waals surface area contributed by atoms with Gasteiger partial charge in [0.25, 0.3) is 0 Å². The molecule has 0 fully saturated rings. The van der Waals surface area contributed by atoms with Gasteiger partial charge in [-0.25, -0.2) is 0 Å². The first-order chi connectivity index (χ1) is 8.08. The summed E-state index contributed by atoms with van der Waals surface area (Å²) in [5.41, 5.74) is 7.96. The fourth-order valence-corrected chi connectivity index (χ4v) is 2.22. The van der Waals surface area contributed by atoms with E-state index in [-0.39, 0.29) is 12.5 Å². The summed E-state index contributed by atoms with van der Waals surface area (Å²) >= 11 is 3.45. The lowest BCUT2D eigenvalue weighted by Gasteiger charge is -2.10. The molecule has 2 rings (SSSR count). The second-order valence-electron chi connectivity index (χ2n) is 3.98. The van der Waals surface area contributed by atoms with Crippen LogP contribution in [0.25, 0.3) is 10.9 Å². The Morgan fingerprint density at radius 3 is 3.00 bits per heavy atom. The molecule has 0 aliphatic heterocycles. The summed E-state index contributed by atoms with van der Waals surface area (Å²) in [7, 11) is 0. The molecule has 1 heterocycles. The number of carbonyl (C=O) groups is 1. The van der Waals surface area contributed by atoms with Crippen molar-refractivity contribution < 1.29 is 9.90 Å². The van der Waals surface area contributed by atoms with Gasteiger partial charge in [-0.1, -0.05) is 6.07 Å². The molecule has 1 atom stereocenters. The van der Waals surface area contributed by atoms with Gasteiger partial charge in [0, 0.05) is 34.0 Å². The zero-order valence-corrected chi connectivity index (χ0v) is 10.7. The van der Waals surface area contributed by atoms with Crippen molar-refractivity contribution in [1.29, 1.82) is 0 Å². The average molecular weight is 297 g/mol. The zero-order valence-electron chi connectivity index (χ0n) is 9.11. The fourth-order valence-electron chi connectivity index (χ4n) is 1.78. The van der Waals surface area contributed by atoms with E-state index in [4.69, 9.17) is 10.8 Å². The molecule has 0 saturated heterocycles. The SMILES string of the molecule is NC(CCC(=O)O)c1ccc2[nH]cc(Br)c2c1. The summed E-state index contributed by atoms with van der Waals surface area (Å²) in [5, 5.41) is 9.69. The molecule has 90 valence electrons. The van der Waals surface area contributed by atoms with E-state index < -0.39 is 5.97 Å². The molecule has 0 bridgehead atoms. The normalized spacial score (nSPS) is 12.8. The molecule has 4 N–H and O–H groups in total. The smallest absolute Gasteiger partial charge is 0.303 e. The standard InChI is InChI=1S/C12H13BrN2O2/c13-9-6-15-11-3-1-7(5-8(9)11)10(14)2-4-12(16)17/h1,3,5-6,10,15H,2,4,14H2,(H,16,17). The summed E-state index contributed by atoms with van der Waals surface area (Å²) in [6.45, 7) is 0. The van der Waals surface area contributed by atoms with Gasteiger partial charge >= 0.3 is 5.97 Å². The Hall–Kier alpha value is -1.33. The predicted molar refractivity (Wildman–Crippen MR) is 69.8 cm³/mol. The Balaban J connectivity index is 2.23. The molecule has 17 heavy (non-hydrogen) atoms. The number of fused-ring (bicyclic) bond motifs is 1. The van der Waals surface area contributed by atoms with Crippen molar-refractivity contribution in [3.05, 3.63) is 34.4 Å². The largest absolute Gasteiger partial charge is 0.481 e. The number of halogens is 1. The highest BCUT2D eigenvalue weighted by Gasteiger charge is 2.10. The maximum absolute atomic E-state index is 10.5. The molecular formula is C12H13BrN2O2. The molecule has 0 radical (unpaired) electrons. The molecule has 5 heteroatoms. The van der Waals surface area contributed by atoms with Gasteiger partial charge < -0.3 is 15.8 Å². The Bertz CT molecular complexity index is 550. The number of carboxylic acid groups (broad SMARTS) is 1. The van der Waals surface area contributed by atoms with Crippen LogP contribution in [-0.4, -0.2) is 16.1 Å². The number of aliphatic carboxylic acids is 1. The highest BCUT2D eigenvalue weighted by atomic mass is 79.9. The first kappa shape index (κ1) is 12.1. The highest BCUT2D eigenvalue weighted by molar-refractivity contribution is 9.10. The number of aromatic nitrogens is 1. The lowest BCUT2D eigenvalue weighted by Crippen LogP contribution is -2.12. The molecular weight excluding hydrogens is 284 g/mol. The van der Waals surface area contributed by atoms with Crippen molar-refractivity contribution >= 4 is 32.8 Å². The summed E-state index contributed by atoms with van der Waals surface area (Å²) in [6.07, 6.45) is 2.41. The maximum atomic E-state index is 10.5. The Morgan fingerprint density at radius 1 is 1.53 bits per heavy atom. The van der Waals surface area contributed by atoms with Crippen LogP contribution in [0.2, 0.25) is 0 Å². The van der Waals surface area contributed by atoms with Crippen molar-refractivity contribution in [1.82, 2.24) is 4.98 Å². The second-order valence-corrected chi connectivity index (χ2v) is 4.83. The van der Waals surface area contributed by atoms with Crippen LogP contribution >= 0.6 is 15.9 Å². The van der Waals surface area contributed by atoms with E-state index in [0.717, 1.165) is 20.9 Å². The number of hydrogen-bond donors (Lipinski definition) is 3. The average Bonchev–Trinajstić information content (AvgIpc) is 2.67. The van der Waals surface area contributed by atoms with Crippen LogP contribution in [0.1, 0.15) is 24.4 Å². The Kier molecular flexibility index (Phi) is 3.49. The van der Waals surface area contributed by atoms with E-state index in [1.165, 1.54) is 0 Å². The summed E-state index contributed by atoms with van der Waals surface area (Å²) < 4.78 is 0.986. The van der Waals surface area contributed by atoms with Gasteiger partial charge in [-0.2, -0.15) is 0 Å². The minimum Gasteiger partial charge on any atom is -0.481 e. The van der Waals surface area contributed by atoms with Crippen LogP contribution in [0, 0.1) is 0 Å². The van der Waals surface area contributed by atoms with E-state index in [2.05, 4.69) is 20.9 Å². The maximum Gasteiger partial charge on any atom is 0.303 e. The van der Waals surface area contributed by atoms with Crippen LogP contribution in [0.4, 0.5) is 0 Å². The van der Waals surface area contributed by atoms with E-state index in [0.29, 0.717) is 6.42 Å². The molecule has 2 aromatic rings. The number of aromatic amines is 1. The fraction of sp³-hybridized carbons (Fsp3) is 0.250. The van der Waals surface area contributed by atoms with Crippen molar-refractivity contribution in [3.63, 3.8) is 0 Å². The first-order valence-electron chi connectivity index (χ1n) is 5.32. The Morgan fingerprint density at radius 2 is 2.29 bits per heavy atom. The van der Waals surface area contributed by atoms with Gasteiger partial charge in [0.15, 0.2) is 0 Å². The minimum atomic E-state index is -0.815. The molecule has 0 saturated carbocycles. The van der Waals surface area contributed by atoms with Crippen molar-refractivity contribution in [3.8, 4) is 0 Å². The topological polar surface area (TPSA) is 79.1 Å². The van der Waals surface area contributed by atoms with Crippen LogP contribution < -0.4 is 5.73 Å². The van der Waals surface area contributed by atoms with Gasteiger partial charge in [0.1, 0.15) is 0 Å². The van der Waals surface area contributed by atoms with E-state index >= 15 is 0 Å². The quantitative estimate of drug-likeness (QED) is 0.812. The van der Waals surface area contributed by atoms with Crippen LogP contribution in [-0.2, 0) is 4.79 Å². The molecule has 0 aliphatic rings. The number of carboxylic acids is 1. The van der Waals surface area contributed by atoms with Gasteiger partial charge in [0.2, 0.25) is 0 Å². The Labute approximate surface area is 107 Å². The molecule has 0 aliphatic carbocycles. The monoisotopic (exact) mass is 296 g/mol. The molecule has 1 aromatic heterocycles. The van der Waals surface area contributed by atoms with Gasteiger partial charge in [-0.15, -0.1) is 0 Å². The van der Waals surface area contributed by atoms with Crippen molar-refractivity contribution in [2.45, 2.75) is 18.9 Å². The van der Waals surface area contributed by atoms with E-state index in [1.807, 2.05) is 24.4 Å². The van der Waals surface area contributed by atoms with E-state index in [1.54, 1.807) is 0 Å². The second kappa shape index (κ2) is 4.89. The third-order valence-electron chi connectivity index (χ3n) is 2.75. The third kappa shape index (κ3) is 2.68. The van der Waals surface area contributed by atoms with Crippen LogP contribution in [0.15, 0.2) is 28.9 Å². The lowest BCUT2D eigenvalue weighted by molar-refractivity contribution is -0.137. The van der Waals surface area contributed by atoms with Gasteiger partial charge in [-0.05, 0) is 40.0 Å². The number of H-pyrrole nitrogens is 1. The number of nitrogens with two attached hydrogens (primary N) is 1. The van der Waals surface area contributed by atoms with Crippen molar-refractivity contribution in [2.24, 2.45) is 5.73 Å². The highest BCUT2D eigenvalue weighted by Crippen LogP contribution is 2.27.